The van der Waals surface area contributed by atoms with Crippen molar-refractivity contribution in [3.05, 3.63) is 59.9 Å². The molecule has 3 aromatic rings. The number of sulfonamides is 1. The fourth-order valence-electron chi connectivity index (χ4n) is 2.57. The zero-order valence-electron chi connectivity index (χ0n) is 15.3. The lowest BCUT2D eigenvalue weighted by Crippen LogP contribution is -2.26. The molecule has 0 aliphatic heterocycles. The molecular formula is C19H22N4O3S. The van der Waals surface area contributed by atoms with Crippen LogP contribution < -0.4 is 9.46 Å². The van der Waals surface area contributed by atoms with E-state index in [1.165, 1.54) is 0 Å². The van der Waals surface area contributed by atoms with Gasteiger partial charge in [0.2, 0.25) is 10.0 Å². The van der Waals surface area contributed by atoms with Crippen LogP contribution in [-0.2, 0) is 22.9 Å². The van der Waals surface area contributed by atoms with Crippen molar-refractivity contribution in [2.75, 3.05) is 13.7 Å². The van der Waals surface area contributed by atoms with Gasteiger partial charge >= 0.3 is 0 Å². The first-order valence-electron chi connectivity index (χ1n) is 8.66. The van der Waals surface area contributed by atoms with Gasteiger partial charge in [-0.05, 0) is 48.4 Å². The molecule has 7 nitrogen and oxygen atoms in total. The maximum atomic E-state index is 12.3. The Balaban J connectivity index is 1.59. The monoisotopic (exact) mass is 386 g/mol. The predicted octanol–water partition coefficient (Wildman–Crippen LogP) is 2.56. The number of hydrogen-bond acceptors (Lipinski definition) is 5. The Labute approximate surface area is 158 Å². The number of benzene rings is 2. The van der Waals surface area contributed by atoms with E-state index >= 15 is 0 Å². The molecule has 0 unspecified atom stereocenters. The molecule has 0 atom stereocenters. The van der Waals surface area contributed by atoms with Crippen molar-refractivity contribution >= 4 is 10.0 Å². The summed E-state index contributed by atoms with van der Waals surface area (Å²) in [6, 6.07) is 14.3. The minimum absolute atomic E-state index is 0.231. The first-order chi connectivity index (χ1) is 13.0. The average molecular weight is 386 g/mol. The van der Waals surface area contributed by atoms with Gasteiger partial charge in [-0.1, -0.05) is 19.1 Å². The van der Waals surface area contributed by atoms with Gasteiger partial charge in [0.1, 0.15) is 11.6 Å². The molecule has 27 heavy (non-hydrogen) atoms. The van der Waals surface area contributed by atoms with Gasteiger partial charge in [-0.15, -0.1) is 0 Å². The van der Waals surface area contributed by atoms with E-state index in [0.29, 0.717) is 18.1 Å². The van der Waals surface area contributed by atoms with Crippen LogP contribution in [-0.4, -0.2) is 37.3 Å². The highest BCUT2D eigenvalue weighted by molar-refractivity contribution is 7.89. The third-order valence-corrected chi connectivity index (χ3v) is 5.65. The van der Waals surface area contributed by atoms with Crippen molar-refractivity contribution in [2.45, 2.75) is 24.7 Å². The first-order valence-corrected chi connectivity index (χ1v) is 10.1. The fourth-order valence-corrected chi connectivity index (χ4v) is 3.60. The molecule has 0 spiro atoms. The van der Waals surface area contributed by atoms with Gasteiger partial charge in [-0.25, -0.2) is 18.1 Å². The lowest BCUT2D eigenvalue weighted by Gasteiger charge is -2.06. The highest BCUT2D eigenvalue weighted by Gasteiger charge is 2.14. The minimum atomic E-state index is -3.53. The number of nitrogens with zero attached hydrogens (tertiary/aromatic N) is 2. The second kappa shape index (κ2) is 8.32. The van der Waals surface area contributed by atoms with Crippen molar-refractivity contribution in [1.82, 2.24) is 19.9 Å². The second-order valence-electron chi connectivity index (χ2n) is 5.98. The van der Waals surface area contributed by atoms with Crippen LogP contribution in [0.5, 0.6) is 5.75 Å². The van der Waals surface area contributed by atoms with E-state index in [2.05, 4.69) is 19.9 Å². The smallest absolute Gasteiger partial charge is 0.240 e. The molecule has 1 aromatic heterocycles. The number of H-pyrrole nitrogens is 1. The summed E-state index contributed by atoms with van der Waals surface area (Å²) in [4.78, 5) is 4.67. The zero-order chi connectivity index (χ0) is 19.3. The predicted molar refractivity (Wildman–Crippen MR) is 103 cm³/mol. The molecule has 3 rings (SSSR count). The van der Waals surface area contributed by atoms with Crippen LogP contribution in [0.15, 0.2) is 53.4 Å². The Morgan fingerprint density at radius 2 is 1.78 bits per heavy atom. The number of aromatic nitrogens is 3. The molecule has 142 valence electrons. The fraction of sp³-hybridized carbons (Fsp3) is 0.263. The number of hydrogen-bond donors (Lipinski definition) is 2. The third kappa shape index (κ3) is 4.72. The number of aryl methyl sites for hydroxylation is 1. The van der Waals surface area contributed by atoms with Gasteiger partial charge in [-0.3, -0.25) is 5.10 Å². The van der Waals surface area contributed by atoms with Gasteiger partial charge in [0.15, 0.2) is 5.82 Å². The van der Waals surface area contributed by atoms with Crippen LogP contribution in [0.2, 0.25) is 0 Å². The molecule has 0 saturated carbocycles. The molecule has 8 heteroatoms. The maximum Gasteiger partial charge on any atom is 0.240 e. The molecular weight excluding hydrogens is 364 g/mol. The molecule has 0 aliphatic rings. The summed E-state index contributed by atoms with van der Waals surface area (Å²) >= 11 is 0. The maximum absolute atomic E-state index is 12.3. The van der Waals surface area contributed by atoms with Crippen LogP contribution in [0.1, 0.15) is 18.3 Å². The lowest BCUT2D eigenvalue weighted by molar-refractivity contribution is 0.415. The Morgan fingerprint density at radius 3 is 2.41 bits per heavy atom. The Hall–Kier alpha value is -2.71. The normalized spacial score (nSPS) is 11.5. The molecule has 2 N–H and O–H groups in total. The highest BCUT2D eigenvalue weighted by Crippen LogP contribution is 2.19. The van der Waals surface area contributed by atoms with Crippen molar-refractivity contribution in [1.29, 1.82) is 0 Å². The van der Waals surface area contributed by atoms with Crippen molar-refractivity contribution < 1.29 is 13.2 Å². The molecule has 0 radical (unpaired) electrons. The van der Waals surface area contributed by atoms with E-state index in [1.54, 1.807) is 19.2 Å². The first kappa shape index (κ1) is 19.1. The molecule has 0 bridgehead atoms. The van der Waals surface area contributed by atoms with Crippen molar-refractivity contribution in [3.8, 4) is 17.1 Å². The van der Waals surface area contributed by atoms with Crippen LogP contribution in [0.3, 0.4) is 0 Å². The largest absolute Gasteiger partial charge is 0.497 e. The van der Waals surface area contributed by atoms with Gasteiger partial charge in [-0.2, -0.15) is 5.10 Å². The summed E-state index contributed by atoms with van der Waals surface area (Å²) in [6.07, 6.45) is 1.28. The Kier molecular flexibility index (Phi) is 5.88. The van der Waals surface area contributed by atoms with Gasteiger partial charge in [0.05, 0.1) is 12.0 Å². The topological polar surface area (TPSA) is 97.0 Å². The average Bonchev–Trinajstić information content (AvgIpc) is 3.17. The number of aromatic amines is 1. The van der Waals surface area contributed by atoms with Gasteiger partial charge < -0.3 is 4.74 Å². The Bertz CT molecular complexity index is 981. The summed E-state index contributed by atoms with van der Waals surface area (Å²) in [6.45, 7) is 2.26. The van der Waals surface area contributed by atoms with Crippen LogP contribution in [0, 0.1) is 0 Å². The van der Waals surface area contributed by atoms with E-state index in [0.717, 1.165) is 23.3 Å². The summed E-state index contributed by atoms with van der Waals surface area (Å²) in [5, 5.41) is 7.03. The lowest BCUT2D eigenvalue weighted by atomic mass is 10.2. The number of ether oxygens (including phenoxy) is 1. The van der Waals surface area contributed by atoms with E-state index < -0.39 is 10.0 Å². The molecule has 0 aliphatic carbocycles. The van der Waals surface area contributed by atoms with Crippen LogP contribution in [0.25, 0.3) is 11.4 Å². The summed E-state index contributed by atoms with van der Waals surface area (Å²) in [5.74, 6) is 1.94. The van der Waals surface area contributed by atoms with E-state index in [9.17, 15) is 8.42 Å². The molecule has 0 fully saturated rings. The van der Waals surface area contributed by atoms with Gasteiger partial charge in [0, 0.05) is 18.5 Å². The van der Waals surface area contributed by atoms with Crippen LogP contribution >= 0.6 is 0 Å². The molecule has 0 saturated heterocycles. The molecule has 0 amide bonds. The van der Waals surface area contributed by atoms with Crippen LogP contribution in [0.4, 0.5) is 0 Å². The van der Waals surface area contributed by atoms with E-state index in [4.69, 9.17) is 4.74 Å². The number of nitrogens with one attached hydrogen (secondary N) is 2. The standard InChI is InChI=1S/C19H22N4O3S/c1-3-14-4-10-17(11-5-14)27(24,25)20-13-12-18-21-19(23-22-18)15-6-8-16(26-2)9-7-15/h4-11,20H,3,12-13H2,1-2H3,(H,21,22,23). The number of methoxy groups -OCH3 is 1. The summed E-state index contributed by atoms with van der Waals surface area (Å²) in [5.41, 5.74) is 1.96. The molecule has 1 heterocycles. The van der Waals surface area contributed by atoms with Gasteiger partial charge in [0.25, 0.3) is 0 Å². The van der Waals surface area contributed by atoms with E-state index in [-0.39, 0.29) is 11.4 Å². The van der Waals surface area contributed by atoms with Crippen molar-refractivity contribution in [2.24, 2.45) is 0 Å². The van der Waals surface area contributed by atoms with Crippen molar-refractivity contribution in [3.63, 3.8) is 0 Å². The summed E-state index contributed by atoms with van der Waals surface area (Å²) in [7, 11) is -1.92. The second-order valence-corrected chi connectivity index (χ2v) is 7.75. The van der Waals surface area contributed by atoms with E-state index in [1.807, 2.05) is 43.3 Å². The SMILES string of the molecule is CCc1ccc(S(=O)(=O)NCCc2nc(-c3ccc(OC)cc3)n[nH]2)cc1. The summed E-state index contributed by atoms with van der Waals surface area (Å²) < 4.78 is 32.4. The number of rotatable bonds is 8. The molecule has 2 aromatic carbocycles. The zero-order valence-corrected chi connectivity index (χ0v) is 16.1. The quantitative estimate of drug-likeness (QED) is 0.620. The minimum Gasteiger partial charge on any atom is -0.497 e. The Morgan fingerprint density at radius 1 is 1.07 bits per heavy atom. The highest BCUT2D eigenvalue weighted by atomic mass is 32.2. The third-order valence-electron chi connectivity index (χ3n) is 4.18.